The van der Waals surface area contributed by atoms with E-state index in [-0.39, 0.29) is 11.8 Å². The fourth-order valence-electron chi connectivity index (χ4n) is 2.85. The molecule has 1 saturated heterocycles. The highest BCUT2D eigenvalue weighted by Gasteiger charge is 2.25. The molecule has 0 aromatic heterocycles. The first-order chi connectivity index (χ1) is 11.1. The minimum Gasteiger partial charge on any atom is -0.371 e. The molecule has 3 nitrogen and oxygen atoms in total. The number of amides is 1. The van der Waals surface area contributed by atoms with Crippen LogP contribution in [0.2, 0.25) is 10.0 Å². The number of hydrogen-bond acceptors (Lipinski definition) is 2. The molecule has 0 spiro atoms. The van der Waals surface area contributed by atoms with Gasteiger partial charge in [0.2, 0.25) is 5.91 Å². The number of benzene rings is 2. The average Bonchev–Trinajstić information content (AvgIpc) is 2.57. The van der Waals surface area contributed by atoms with Crippen LogP contribution in [0.25, 0.3) is 0 Å². The summed E-state index contributed by atoms with van der Waals surface area (Å²) in [6.45, 7) is 1.72. The molecule has 0 unspecified atom stereocenters. The van der Waals surface area contributed by atoms with Gasteiger partial charge in [-0.1, -0.05) is 29.3 Å². The van der Waals surface area contributed by atoms with Crippen molar-refractivity contribution in [2.75, 3.05) is 23.3 Å². The number of rotatable bonds is 3. The molecule has 2 aromatic carbocycles. The maximum Gasteiger partial charge on any atom is 0.227 e. The number of carbonyl (C=O) groups excluding carboxylic acids is 1. The number of piperidine rings is 1. The minimum atomic E-state index is 0.0427. The zero-order valence-electron chi connectivity index (χ0n) is 12.6. The molecule has 0 radical (unpaired) electrons. The largest absolute Gasteiger partial charge is 0.371 e. The van der Waals surface area contributed by atoms with Crippen molar-refractivity contribution in [2.45, 2.75) is 12.8 Å². The molecular formula is C18H18Cl2N2O. The normalized spacial score (nSPS) is 15.5. The van der Waals surface area contributed by atoms with E-state index in [1.165, 1.54) is 0 Å². The Morgan fingerprint density at radius 1 is 1.00 bits per heavy atom. The van der Waals surface area contributed by atoms with Crippen LogP contribution in [0, 0.1) is 5.92 Å². The zero-order chi connectivity index (χ0) is 16.2. The molecule has 2 aromatic rings. The van der Waals surface area contributed by atoms with Gasteiger partial charge in [-0.15, -0.1) is 0 Å². The molecule has 120 valence electrons. The second-order valence-electron chi connectivity index (χ2n) is 5.74. The van der Waals surface area contributed by atoms with Crippen LogP contribution in [-0.2, 0) is 4.79 Å². The smallest absolute Gasteiger partial charge is 0.227 e. The van der Waals surface area contributed by atoms with Crippen molar-refractivity contribution in [3.8, 4) is 0 Å². The highest BCUT2D eigenvalue weighted by Crippen LogP contribution is 2.26. The van der Waals surface area contributed by atoms with E-state index in [4.69, 9.17) is 23.2 Å². The maximum atomic E-state index is 12.4. The third kappa shape index (κ3) is 4.18. The van der Waals surface area contributed by atoms with Gasteiger partial charge in [0.1, 0.15) is 0 Å². The molecule has 23 heavy (non-hydrogen) atoms. The predicted molar refractivity (Wildman–Crippen MR) is 96.5 cm³/mol. The summed E-state index contributed by atoms with van der Waals surface area (Å²) in [6, 6.07) is 15.0. The van der Waals surface area contributed by atoms with Crippen LogP contribution in [0.5, 0.6) is 0 Å². The van der Waals surface area contributed by atoms with Crippen LogP contribution in [0.4, 0.5) is 11.4 Å². The Balaban J connectivity index is 1.56. The van der Waals surface area contributed by atoms with Crippen molar-refractivity contribution in [1.82, 2.24) is 0 Å². The summed E-state index contributed by atoms with van der Waals surface area (Å²) in [6.07, 6.45) is 1.68. The number of halogens is 2. The quantitative estimate of drug-likeness (QED) is 0.859. The van der Waals surface area contributed by atoms with Gasteiger partial charge in [0.25, 0.3) is 0 Å². The number of hydrogen-bond donors (Lipinski definition) is 1. The SMILES string of the molecule is O=C(Nc1ccc(Cl)cc1)C1CCN(c2cccc(Cl)c2)CC1. The lowest BCUT2D eigenvalue weighted by Crippen LogP contribution is -2.38. The van der Waals surface area contributed by atoms with Crippen LogP contribution in [0.1, 0.15) is 12.8 Å². The average molecular weight is 349 g/mol. The van der Waals surface area contributed by atoms with Gasteiger partial charge in [-0.25, -0.2) is 0 Å². The van der Waals surface area contributed by atoms with Crippen LogP contribution in [-0.4, -0.2) is 19.0 Å². The van der Waals surface area contributed by atoms with E-state index in [2.05, 4.69) is 16.3 Å². The summed E-state index contributed by atoms with van der Waals surface area (Å²) in [4.78, 5) is 14.6. The van der Waals surface area contributed by atoms with Gasteiger partial charge in [-0.05, 0) is 55.3 Å². The van der Waals surface area contributed by atoms with Crippen molar-refractivity contribution in [3.63, 3.8) is 0 Å². The van der Waals surface area contributed by atoms with Crippen molar-refractivity contribution < 1.29 is 4.79 Å². The molecule has 0 aliphatic carbocycles. The standard InChI is InChI=1S/C18H18Cl2N2O/c19-14-4-6-16(7-5-14)21-18(23)13-8-10-22(11-9-13)17-3-1-2-15(20)12-17/h1-7,12-13H,8-11H2,(H,21,23). The molecule has 5 heteroatoms. The van der Waals surface area contributed by atoms with Crippen molar-refractivity contribution in [2.24, 2.45) is 5.92 Å². The van der Waals surface area contributed by atoms with E-state index in [1.54, 1.807) is 12.1 Å². The molecule has 1 N–H and O–H groups in total. The van der Waals surface area contributed by atoms with Gasteiger partial charge in [0.15, 0.2) is 0 Å². The first kappa shape index (κ1) is 16.2. The first-order valence-corrected chi connectivity index (χ1v) is 8.44. The van der Waals surface area contributed by atoms with E-state index < -0.39 is 0 Å². The fraction of sp³-hybridized carbons (Fsp3) is 0.278. The van der Waals surface area contributed by atoms with Gasteiger partial charge in [0, 0.05) is 40.4 Å². The lowest BCUT2D eigenvalue weighted by atomic mass is 9.95. The monoisotopic (exact) mass is 348 g/mol. The lowest BCUT2D eigenvalue weighted by molar-refractivity contribution is -0.120. The summed E-state index contributed by atoms with van der Waals surface area (Å²) < 4.78 is 0. The minimum absolute atomic E-state index is 0.0427. The van der Waals surface area contributed by atoms with E-state index >= 15 is 0 Å². The van der Waals surface area contributed by atoms with Gasteiger partial charge in [0.05, 0.1) is 0 Å². The molecule has 1 aliphatic rings. The summed E-state index contributed by atoms with van der Waals surface area (Å²) in [5, 5.41) is 4.37. The fourth-order valence-corrected chi connectivity index (χ4v) is 3.16. The Labute approximate surface area is 146 Å². The molecule has 0 saturated carbocycles. The second-order valence-corrected chi connectivity index (χ2v) is 6.61. The Morgan fingerprint density at radius 2 is 1.70 bits per heavy atom. The van der Waals surface area contributed by atoms with Crippen molar-refractivity contribution >= 4 is 40.5 Å². The van der Waals surface area contributed by atoms with Gasteiger partial charge in [-0.2, -0.15) is 0 Å². The molecule has 3 rings (SSSR count). The molecule has 1 amide bonds. The summed E-state index contributed by atoms with van der Waals surface area (Å²) in [7, 11) is 0. The molecule has 0 bridgehead atoms. The van der Waals surface area contributed by atoms with Crippen molar-refractivity contribution in [1.29, 1.82) is 0 Å². The van der Waals surface area contributed by atoms with E-state index in [1.807, 2.05) is 30.3 Å². The second kappa shape index (κ2) is 7.24. The van der Waals surface area contributed by atoms with E-state index in [0.29, 0.717) is 5.02 Å². The number of carbonyl (C=O) groups is 1. The molecule has 1 aliphatic heterocycles. The third-order valence-electron chi connectivity index (χ3n) is 4.15. The highest BCUT2D eigenvalue weighted by atomic mass is 35.5. The lowest BCUT2D eigenvalue weighted by Gasteiger charge is -2.33. The number of nitrogens with zero attached hydrogens (tertiary/aromatic N) is 1. The van der Waals surface area contributed by atoms with E-state index in [9.17, 15) is 4.79 Å². The van der Waals surface area contributed by atoms with Crippen LogP contribution in [0.3, 0.4) is 0 Å². The Bertz CT molecular complexity index is 680. The Hall–Kier alpha value is -1.71. The van der Waals surface area contributed by atoms with Crippen LogP contribution >= 0.6 is 23.2 Å². The molecule has 1 heterocycles. The van der Waals surface area contributed by atoms with Gasteiger partial charge in [-0.3, -0.25) is 4.79 Å². The van der Waals surface area contributed by atoms with Crippen molar-refractivity contribution in [3.05, 3.63) is 58.6 Å². The Kier molecular flexibility index (Phi) is 5.09. The number of nitrogens with one attached hydrogen (secondary N) is 1. The highest BCUT2D eigenvalue weighted by molar-refractivity contribution is 6.31. The van der Waals surface area contributed by atoms with Crippen LogP contribution in [0.15, 0.2) is 48.5 Å². The third-order valence-corrected chi connectivity index (χ3v) is 4.64. The van der Waals surface area contributed by atoms with Crippen LogP contribution < -0.4 is 10.2 Å². The van der Waals surface area contributed by atoms with Gasteiger partial charge < -0.3 is 10.2 Å². The summed E-state index contributed by atoms with van der Waals surface area (Å²) in [5.41, 5.74) is 1.91. The van der Waals surface area contributed by atoms with Gasteiger partial charge >= 0.3 is 0 Å². The summed E-state index contributed by atoms with van der Waals surface area (Å²) in [5.74, 6) is 0.124. The molecule has 0 atom stereocenters. The molecular weight excluding hydrogens is 331 g/mol. The Morgan fingerprint density at radius 3 is 2.35 bits per heavy atom. The summed E-state index contributed by atoms with van der Waals surface area (Å²) >= 11 is 11.9. The number of anilines is 2. The zero-order valence-corrected chi connectivity index (χ0v) is 14.1. The maximum absolute atomic E-state index is 12.4. The topological polar surface area (TPSA) is 32.3 Å². The molecule has 1 fully saturated rings. The first-order valence-electron chi connectivity index (χ1n) is 7.69. The van der Waals surface area contributed by atoms with E-state index in [0.717, 1.165) is 42.3 Å². The predicted octanol–water partition coefficient (Wildman–Crippen LogP) is 4.85.